The van der Waals surface area contributed by atoms with Crippen molar-refractivity contribution in [2.45, 2.75) is 26.5 Å². The number of hydrogen-bond acceptors (Lipinski definition) is 4. The van der Waals surface area contributed by atoms with E-state index in [0.717, 1.165) is 55.7 Å². The van der Waals surface area contributed by atoms with E-state index in [1.54, 1.807) is 14.2 Å². The first-order chi connectivity index (χ1) is 14.7. The molecule has 0 saturated carbocycles. The molecule has 7 heteroatoms. The number of halogens is 1. The van der Waals surface area contributed by atoms with E-state index in [9.17, 15) is 0 Å². The van der Waals surface area contributed by atoms with Gasteiger partial charge in [0.2, 0.25) is 0 Å². The summed E-state index contributed by atoms with van der Waals surface area (Å²) >= 11 is 0. The van der Waals surface area contributed by atoms with Crippen LogP contribution < -0.4 is 14.8 Å². The molecule has 0 spiro atoms. The maximum Gasteiger partial charge on any atom is 0.194 e. The lowest BCUT2D eigenvalue weighted by molar-refractivity contribution is 0.0906. The Kier molecular flexibility index (Phi) is 10.9. The Morgan fingerprint density at radius 2 is 1.94 bits per heavy atom. The van der Waals surface area contributed by atoms with Gasteiger partial charge in [0, 0.05) is 37.2 Å². The van der Waals surface area contributed by atoms with Gasteiger partial charge in [-0.3, -0.25) is 0 Å². The van der Waals surface area contributed by atoms with E-state index in [4.69, 9.17) is 19.2 Å². The Bertz CT molecular complexity index is 817. The van der Waals surface area contributed by atoms with Crippen LogP contribution in [0.15, 0.2) is 53.5 Å². The Hall–Kier alpha value is -2.00. The van der Waals surface area contributed by atoms with Gasteiger partial charge in [-0.15, -0.1) is 24.0 Å². The number of benzene rings is 2. The molecule has 0 aliphatic carbocycles. The molecule has 2 aromatic rings. The molecule has 0 radical (unpaired) electrons. The second kappa shape index (κ2) is 13.4. The van der Waals surface area contributed by atoms with Crippen molar-refractivity contribution in [1.29, 1.82) is 0 Å². The van der Waals surface area contributed by atoms with Crippen molar-refractivity contribution in [3.8, 4) is 11.5 Å². The molecule has 1 heterocycles. The third-order valence-corrected chi connectivity index (χ3v) is 5.28. The summed E-state index contributed by atoms with van der Waals surface area (Å²) in [6.45, 7) is 6.89. The van der Waals surface area contributed by atoms with E-state index in [1.165, 1.54) is 5.56 Å². The highest BCUT2D eigenvalue weighted by molar-refractivity contribution is 14.0. The number of likely N-dealkylation sites (tertiary alicyclic amines) is 1. The fourth-order valence-electron chi connectivity index (χ4n) is 3.65. The minimum Gasteiger partial charge on any atom is -0.497 e. The Morgan fingerprint density at radius 3 is 2.65 bits per heavy atom. The monoisotopic (exact) mass is 539 g/mol. The summed E-state index contributed by atoms with van der Waals surface area (Å²) in [5, 5.41) is 3.43. The zero-order valence-electron chi connectivity index (χ0n) is 18.7. The van der Waals surface area contributed by atoms with Gasteiger partial charge < -0.3 is 24.4 Å². The average Bonchev–Trinajstić information content (AvgIpc) is 3.26. The molecule has 6 nitrogen and oxygen atoms in total. The third-order valence-electron chi connectivity index (χ3n) is 5.28. The zero-order chi connectivity index (χ0) is 21.2. The Balaban J connectivity index is 0.00000341. The van der Waals surface area contributed by atoms with Gasteiger partial charge in [0.05, 0.1) is 34.0 Å². The fraction of sp³-hybridized carbons (Fsp3) is 0.458. The average molecular weight is 539 g/mol. The number of nitrogens with zero attached hydrogens (tertiary/aromatic N) is 2. The number of aliphatic imine (C=N–C) groups is 1. The van der Waals surface area contributed by atoms with Crippen LogP contribution in [0.3, 0.4) is 0 Å². The minimum absolute atomic E-state index is 0. The second-order valence-corrected chi connectivity index (χ2v) is 7.45. The normalized spacial score (nSPS) is 16.0. The highest BCUT2D eigenvalue weighted by atomic mass is 127. The van der Waals surface area contributed by atoms with Gasteiger partial charge in [0.1, 0.15) is 11.5 Å². The molecule has 0 bridgehead atoms. The molecule has 1 N–H and O–H groups in total. The number of nitrogens with one attached hydrogen (secondary N) is 1. The molecule has 1 atom stereocenters. The summed E-state index contributed by atoms with van der Waals surface area (Å²) in [5.41, 5.74) is 2.26. The highest BCUT2D eigenvalue weighted by Gasteiger charge is 2.25. The minimum atomic E-state index is 0. The van der Waals surface area contributed by atoms with Gasteiger partial charge in [-0.05, 0) is 31.0 Å². The lowest BCUT2D eigenvalue weighted by Gasteiger charge is -2.22. The van der Waals surface area contributed by atoms with Crippen molar-refractivity contribution in [1.82, 2.24) is 10.2 Å². The Morgan fingerprint density at radius 1 is 1.13 bits per heavy atom. The smallest absolute Gasteiger partial charge is 0.194 e. The number of hydrogen-bond donors (Lipinski definition) is 1. The van der Waals surface area contributed by atoms with Crippen LogP contribution in [0.2, 0.25) is 0 Å². The predicted octanol–water partition coefficient (Wildman–Crippen LogP) is 4.33. The van der Waals surface area contributed by atoms with Crippen LogP contribution in [-0.4, -0.2) is 51.3 Å². The SMILES string of the molecule is CCNC(=NCc1ccc(OC)cc1OC)N1CCC(COCc2ccccc2)C1.I. The van der Waals surface area contributed by atoms with Gasteiger partial charge in [-0.2, -0.15) is 0 Å². The predicted molar refractivity (Wildman–Crippen MR) is 136 cm³/mol. The van der Waals surface area contributed by atoms with E-state index >= 15 is 0 Å². The molecule has 1 aliphatic heterocycles. The molecular formula is C24H34IN3O3. The molecule has 1 fully saturated rings. The van der Waals surface area contributed by atoms with Crippen molar-refractivity contribution in [2.75, 3.05) is 40.5 Å². The first kappa shape index (κ1) is 25.3. The van der Waals surface area contributed by atoms with E-state index in [-0.39, 0.29) is 24.0 Å². The number of ether oxygens (including phenoxy) is 3. The largest absolute Gasteiger partial charge is 0.497 e. The van der Waals surface area contributed by atoms with Crippen molar-refractivity contribution in [3.05, 3.63) is 59.7 Å². The first-order valence-electron chi connectivity index (χ1n) is 10.6. The van der Waals surface area contributed by atoms with Gasteiger partial charge in [-0.25, -0.2) is 4.99 Å². The molecule has 3 rings (SSSR count). The van der Waals surface area contributed by atoms with E-state index in [1.807, 2.05) is 36.4 Å². The van der Waals surface area contributed by atoms with Crippen LogP contribution in [-0.2, 0) is 17.9 Å². The standard InChI is InChI=1S/C24H33N3O3.HI/c1-4-25-24(26-15-21-10-11-22(28-2)14-23(21)29-3)27-13-12-20(16-27)18-30-17-19-8-6-5-7-9-19;/h5-11,14,20H,4,12-13,15-18H2,1-3H3,(H,25,26);1H. The third kappa shape index (κ3) is 7.57. The van der Waals surface area contributed by atoms with Gasteiger partial charge in [0.25, 0.3) is 0 Å². The second-order valence-electron chi connectivity index (χ2n) is 7.45. The molecule has 0 amide bonds. The molecular weight excluding hydrogens is 505 g/mol. The van der Waals surface area contributed by atoms with Gasteiger partial charge in [-0.1, -0.05) is 30.3 Å². The van der Waals surface area contributed by atoms with Crippen LogP contribution in [0, 0.1) is 5.92 Å². The topological polar surface area (TPSA) is 55.3 Å². The summed E-state index contributed by atoms with van der Waals surface area (Å²) in [4.78, 5) is 7.19. The van der Waals surface area contributed by atoms with Crippen LogP contribution in [0.1, 0.15) is 24.5 Å². The molecule has 0 aromatic heterocycles. The number of rotatable bonds is 9. The summed E-state index contributed by atoms with van der Waals surface area (Å²) < 4.78 is 16.7. The van der Waals surface area contributed by atoms with E-state index < -0.39 is 0 Å². The summed E-state index contributed by atoms with van der Waals surface area (Å²) in [5.74, 6) is 3.04. The number of guanidine groups is 1. The first-order valence-corrected chi connectivity index (χ1v) is 10.6. The lowest BCUT2D eigenvalue weighted by atomic mass is 10.1. The van der Waals surface area contributed by atoms with Crippen molar-refractivity contribution < 1.29 is 14.2 Å². The number of methoxy groups -OCH3 is 2. The molecule has 2 aromatic carbocycles. The highest BCUT2D eigenvalue weighted by Crippen LogP contribution is 2.25. The van der Waals surface area contributed by atoms with Crippen molar-refractivity contribution in [2.24, 2.45) is 10.9 Å². The molecule has 170 valence electrons. The summed E-state index contributed by atoms with van der Waals surface area (Å²) in [7, 11) is 3.33. The lowest BCUT2D eigenvalue weighted by Crippen LogP contribution is -2.40. The van der Waals surface area contributed by atoms with Crippen LogP contribution in [0.4, 0.5) is 0 Å². The van der Waals surface area contributed by atoms with Gasteiger partial charge >= 0.3 is 0 Å². The quantitative estimate of drug-likeness (QED) is 0.292. The molecule has 31 heavy (non-hydrogen) atoms. The molecule has 1 unspecified atom stereocenters. The van der Waals surface area contributed by atoms with Crippen LogP contribution in [0.5, 0.6) is 11.5 Å². The van der Waals surface area contributed by atoms with Crippen LogP contribution >= 0.6 is 24.0 Å². The molecule has 1 saturated heterocycles. The van der Waals surface area contributed by atoms with Crippen molar-refractivity contribution in [3.63, 3.8) is 0 Å². The maximum absolute atomic E-state index is 5.96. The molecule has 1 aliphatic rings. The van der Waals surface area contributed by atoms with E-state index in [2.05, 4.69) is 29.3 Å². The van der Waals surface area contributed by atoms with Gasteiger partial charge in [0.15, 0.2) is 5.96 Å². The van der Waals surface area contributed by atoms with E-state index in [0.29, 0.717) is 19.1 Å². The fourth-order valence-corrected chi connectivity index (χ4v) is 3.65. The summed E-state index contributed by atoms with van der Waals surface area (Å²) in [6, 6.07) is 16.2. The zero-order valence-corrected chi connectivity index (χ0v) is 21.0. The van der Waals surface area contributed by atoms with Crippen LogP contribution in [0.25, 0.3) is 0 Å². The van der Waals surface area contributed by atoms with Crippen molar-refractivity contribution >= 4 is 29.9 Å². The summed E-state index contributed by atoms with van der Waals surface area (Å²) in [6.07, 6.45) is 1.12. The maximum atomic E-state index is 5.96. The Labute approximate surface area is 203 Å².